The number of ether oxygens (including phenoxy) is 2. The molecule has 0 radical (unpaired) electrons. The number of esters is 2. The van der Waals surface area contributed by atoms with Crippen molar-refractivity contribution in [3.63, 3.8) is 0 Å². The molecule has 1 fully saturated rings. The highest BCUT2D eigenvalue weighted by Gasteiger charge is 2.16. The first-order chi connectivity index (χ1) is 26.2. The minimum Gasteiger partial charge on any atom is -0.464 e. The Balaban J connectivity index is 2.10. The molecule has 1 aliphatic rings. The summed E-state index contributed by atoms with van der Waals surface area (Å²) in [5.74, 6) is 0.589. The number of carbonyl (C=O) groups is 2. The minimum absolute atomic E-state index is 0.0766. The summed E-state index contributed by atoms with van der Waals surface area (Å²) in [5, 5.41) is 3.46. The molecule has 53 heavy (non-hydrogen) atoms. The summed E-state index contributed by atoms with van der Waals surface area (Å²) >= 11 is 0. The van der Waals surface area contributed by atoms with Crippen LogP contribution in [0.3, 0.4) is 0 Å². The number of hydrogen-bond donors (Lipinski definition) is 1. The molecule has 0 bridgehead atoms. The third-order valence-electron chi connectivity index (χ3n) is 10.9. The predicted molar refractivity (Wildman–Crippen MR) is 227 cm³/mol. The number of allylic oxidation sites excluding steroid dienone is 4. The van der Waals surface area contributed by atoms with E-state index in [9.17, 15) is 9.59 Å². The van der Waals surface area contributed by atoms with Gasteiger partial charge in [-0.2, -0.15) is 0 Å². The summed E-state index contributed by atoms with van der Waals surface area (Å²) in [4.78, 5) is 27.2. The normalized spacial score (nSPS) is 13.9. The van der Waals surface area contributed by atoms with E-state index in [1.807, 2.05) is 0 Å². The topological polar surface area (TPSA) is 67.9 Å². The third-order valence-corrected chi connectivity index (χ3v) is 10.9. The summed E-state index contributed by atoms with van der Waals surface area (Å²) in [5.41, 5.74) is 0. The fraction of sp³-hybridized carbons (Fsp3) is 0.872. The Hall–Kier alpha value is -1.66. The molecule has 1 saturated heterocycles. The van der Waals surface area contributed by atoms with Gasteiger partial charge in [-0.15, -0.1) is 0 Å². The maximum absolute atomic E-state index is 12.4. The second-order valence-corrected chi connectivity index (χ2v) is 15.9. The fourth-order valence-corrected chi connectivity index (χ4v) is 7.27. The summed E-state index contributed by atoms with van der Waals surface area (Å²) < 4.78 is 11.3. The van der Waals surface area contributed by atoms with Gasteiger partial charge in [0.05, 0.1) is 0 Å². The summed E-state index contributed by atoms with van der Waals surface area (Å²) in [6, 6.07) is 0. The van der Waals surface area contributed by atoms with Crippen LogP contribution in [0.15, 0.2) is 24.3 Å². The van der Waals surface area contributed by atoms with Crippen LogP contribution >= 0.6 is 0 Å². The van der Waals surface area contributed by atoms with E-state index in [2.05, 4.69) is 48.4 Å². The predicted octanol–water partition coefficient (Wildman–Crippen LogP) is 12.8. The Kier molecular flexibility index (Phi) is 37.3. The molecule has 6 nitrogen and oxygen atoms in total. The van der Waals surface area contributed by atoms with Crippen LogP contribution in [0.1, 0.15) is 213 Å². The van der Waals surface area contributed by atoms with E-state index in [0.29, 0.717) is 39.1 Å². The molecule has 0 aromatic carbocycles. The minimum atomic E-state index is -0.0766. The number of nitrogens with zero attached hydrogens (tertiary/aromatic N) is 1. The van der Waals surface area contributed by atoms with Gasteiger partial charge in [0.15, 0.2) is 0 Å². The molecular formula is C47H88N2O4. The highest BCUT2D eigenvalue weighted by atomic mass is 16.5. The molecule has 0 atom stereocenters. The lowest BCUT2D eigenvalue weighted by Crippen LogP contribution is -2.35. The lowest BCUT2D eigenvalue weighted by Gasteiger charge is -2.27. The summed E-state index contributed by atoms with van der Waals surface area (Å²) in [6.07, 6.45) is 46.7. The van der Waals surface area contributed by atoms with Crippen LogP contribution in [-0.2, 0) is 19.1 Å². The lowest BCUT2D eigenvalue weighted by atomic mass is 9.94. The van der Waals surface area contributed by atoms with Gasteiger partial charge in [-0.05, 0) is 109 Å². The second kappa shape index (κ2) is 40.0. The van der Waals surface area contributed by atoms with Crippen molar-refractivity contribution in [1.29, 1.82) is 0 Å². The van der Waals surface area contributed by atoms with Crippen molar-refractivity contribution in [3.8, 4) is 0 Å². The molecular weight excluding hydrogens is 657 g/mol. The van der Waals surface area contributed by atoms with E-state index in [-0.39, 0.29) is 11.9 Å². The van der Waals surface area contributed by atoms with Crippen LogP contribution in [-0.4, -0.2) is 62.8 Å². The average Bonchev–Trinajstić information content (AvgIpc) is 3.17. The van der Waals surface area contributed by atoms with Gasteiger partial charge in [-0.25, -0.2) is 0 Å². The van der Waals surface area contributed by atoms with E-state index in [0.717, 1.165) is 57.7 Å². The van der Waals surface area contributed by atoms with Crippen molar-refractivity contribution in [2.75, 3.05) is 45.9 Å². The fourth-order valence-electron chi connectivity index (χ4n) is 7.27. The van der Waals surface area contributed by atoms with Crippen LogP contribution in [0.25, 0.3) is 0 Å². The molecule has 0 aromatic rings. The zero-order valence-corrected chi connectivity index (χ0v) is 35.3. The first-order valence-electron chi connectivity index (χ1n) is 23.2. The van der Waals surface area contributed by atoms with Gasteiger partial charge in [0.1, 0.15) is 13.2 Å². The van der Waals surface area contributed by atoms with E-state index < -0.39 is 0 Å². The van der Waals surface area contributed by atoms with Crippen molar-refractivity contribution in [2.24, 2.45) is 5.92 Å². The van der Waals surface area contributed by atoms with Crippen molar-refractivity contribution < 1.29 is 19.1 Å². The first-order valence-corrected chi connectivity index (χ1v) is 23.2. The highest BCUT2D eigenvalue weighted by Crippen LogP contribution is 2.17. The van der Waals surface area contributed by atoms with E-state index >= 15 is 0 Å². The first kappa shape index (κ1) is 49.4. The summed E-state index contributed by atoms with van der Waals surface area (Å²) in [7, 11) is 0. The van der Waals surface area contributed by atoms with E-state index in [4.69, 9.17) is 9.47 Å². The van der Waals surface area contributed by atoms with Gasteiger partial charge in [0.2, 0.25) is 0 Å². The number of rotatable bonds is 39. The molecule has 1 N–H and O–H groups in total. The molecule has 1 rings (SSSR count). The number of hydrogen-bond acceptors (Lipinski definition) is 6. The number of unbranched alkanes of at least 4 members (excludes halogenated alkanes) is 22. The van der Waals surface area contributed by atoms with Gasteiger partial charge >= 0.3 is 11.9 Å². The van der Waals surface area contributed by atoms with Crippen LogP contribution in [0.2, 0.25) is 0 Å². The van der Waals surface area contributed by atoms with Gasteiger partial charge in [-0.1, -0.05) is 141 Å². The largest absolute Gasteiger partial charge is 0.464 e. The number of piperidine rings is 1. The Bertz CT molecular complexity index is 795. The molecule has 0 spiro atoms. The molecule has 6 heteroatoms. The van der Waals surface area contributed by atoms with E-state index in [1.165, 1.54) is 154 Å². The highest BCUT2D eigenvalue weighted by molar-refractivity contribution is 5.69. The van der Waals surface area contributed by atoms with Crippen molar-refractivity contribution in [3.05, 3.63) is 24.3 Å². The Labute approximate surface area is 329 Å². The van der Waals surface area contributed by atoms with Crippen LogP contribution in [0.5, 0.6) is 0 Å². The monoisotopic (exact) mass is 745 g/mol. The molecule has 1 heterocycles. The zero-order chi connectivity index (χ0) is 38.1. The molecule has 0 aromatic heterocycles. The molecule has 1 aliphatic heterocycles. The van der Waals surface area contributed by atoms with Crippen molar-refractivity contribution >= 4 is 11.9 Å². The van der Waals surface area contributed by atoms with Gasteiger partial charge in [0, 0.05) is 25.9 Å². The van der Waals surface area contributed by atoms with Gasteiger partial charge in [0.25, 0.3) is 0 Å². The molecule has 0 saturated carbocycles. The Morgan fingerprint density at radius 1 is 0.509 bits per heavy atom. The standard InChI is InChI=1S/C47H88N2O4/c1-3-5-7-9-11-13-15-17-19-21-23-25-27-29-31-33-46(50)52-43-41-49(40-37-45-35-38-48-39-36-45)42-44-53-47(51)34-32-30-28-26-24-22-20-18-16-14-12-10-8-6-4-2/h17-20,45,48H,3-16,21-44H2,1-2H3/b19-17-,20-18-. The molecule has 0 amide bonds. The average molecular weight is 745 g/mol. The summed E-state index contributed by atoms with van der Waals surface area (Å²) in [6.45, 7) is 9.95. The van der Waals surface area contributed by atoms with Crippen molar-refractivity contribution in [1.82, 2.24) is 10.2 Å². The molecule has 0 unspecified atom stereocenters. The molecule has 310 valence electrons. The van der Waals surface area contributed by atoms with E-state index in [1.54, 1.807) is 0 Å². The third kappa shape index (κ3) is 35.8. The Morgan fingerprint density at radius 3 is 1.26 bits per heavy atom. The Morgan fingerprint density at radius 2 is 0.868 bits per heavy atom. The maximum atomic E-state index is 12.4. The van der Waals surface area contributed by atoms with Crippen molar-refractivity contribution in [2.45, 2.75) is 213 Å². The van der Waals surface area contributed by atoms with Crippen LogP contribution in [0, 0.1) is 5.92 Å². The zero-order valence-electron chi connectivity index (χ0n) is 35.3. The van der Waals surface area contributed by atoms with Crippen LogP contribution in [0.4, 0.5) is 0 Å². The quantitative estimate of drug-likeness (QED) is 0.0384. The van der Waals surface area contributed by atoms with Crippen LogP contribution < -0.4 is 5.32 Å². The maximum Gasteiger partial charge on any atom is 0.305 e. The van der Waals surface area contributed by atoms with Gasteiger partial charge < -0.3 is 14.8 Å². The SMILES string of the molecule is CCCCCCCC/C=C\CCCCCCCC(=O)OCCN(CCOC(=O)CCCCCCC/C=C\CCCCCCCC)CCC1CCNCC1. The molecule has 0 aliphatic carbocycles. The van der Waals surface area contributed by atoms with Gasteiger partial charge in [-0.3, -0.25) is 14.5 Å². The lowest BCUT2D eigenvalue weighted by molar-refractivity contribution is -0.144. The smallest absolute Gasteiger partial charge is 0.305 e. The number of carbonyl (C=O) groups excluding carboxylic acids is 2. The number of nitrogens with one attached hydrogen (secondary N) is 1. The second-order valence-electron chi connectivity index (χ2n) is 15.9.